The summed E-state index contributed by atoms with van der Waals surface area (Å²) in [5.74, 6) is 0.724. The molecule has 0 aliphatic rings. The zero-order valence-corrected chi connectivity index (χ0v) is 13.8. The minimum absolute atomic E-state index is 0.0178. The molecule has 3 rings (SSSR count). The molecule has 0 radical (unpaired) electrons. The van der Waals surface area contributed by atoms with Crippen LogP contribution in [0, 0.1) is 0 Å². The maximum Gasteiger partial charge on any atom is 0.222 e. The van der Waals surface area contributed by atoms with Crippen LogP contribution in [0.3, 0.4) is 0 Å². The average molecular weight is 341 g/mol. The Morgan fingerprint density at radius 1 is 1.04 bits per heavy atom. The molecular formula is C18H17ClN4O. The van der Waals surface area contributed by atoms with Crippen LogP contribution in [0.2, 0.25) is 5.02 Å². The largest absolute Gasteiger partial charge is 0.369 e. The molecule has 1 amide bonds. The van der Waals surface area contributed by atoms with Crippen molar-refractivity contribution in [3.63, 3.8) is 0 Å². The van der Waals surface area contributed by atoms with Crippen molar-refractivity contribution in [1.82, 2.24) is 15.3 Å². The average Bonchev–Trinajstić information content (AvgIpc) is 2.61. The molecular weight excluding hydrogens is 324 g/mol. The molecule has 0 aliphatic heterocycles. The van der Waals surface area contributed by atoms with E-state index in [9.17, 15) is 4.79 Å². The second-order valence-electron chi connectivity index (χ2n) is 5.32. The minimum Gasteiger partial charge on any atom is -0.369 e. The van der Waals surface area contributed by atoms with Gasteiger partial charge in [0, 0.05) is 29.9 Å². The molecule has 0 spiro atoms. The van der Waals surface area contributed by atoms with E-state index in [0.29, 0.717) is 24.5 Å². The summed E-state index contributed by atoms with van der Waals surface area (Å²) in [7, 11) is 0. The molecule has 1 aromatic heterocycles. The zero-order valence-electron chi connectivity index (χ0n) is 13.0. The van der Waals surface area contributed by atoms with E-state index >= 15 is 0 Å². The number of nitrogens with one attached hydrogen (secondary N) is 2. The third kappa shape index (κ3) is 4.20. The van der Waals surface area contributed by atoms with Gasteiger partial charge in [0.05, 0.1) is 5.52 Å². The van der Waals surface area contributed by atoms with Crippen LogP contribution in [0.15, 0.2) is 54.9 Å². The highest BCUT2D eigenvalue weighted by molar-refractivity contribution is 6.30. The Balaban J connectivity index is 1.48. The number of rotatable bonds is 6. The summed E-state index contributed by atoms with van der Waals surface area (Å²) >= 11 is 5.84. The van der Waals surface area contributed by atoms with Crippen molar-refractivity contribution in [2.45, 2.75) is 13.0 Å². The van der Waals surface area contributed by atoms with Crippen molar-refractivity contribution in [1.29, 1.82) is 0 Å². The lowest BCUT2D eigenvalue weighted by atomic mass is 10.2. The van der Waals surface area contributed by atoms with E-state index in [1.807, 2.05) is 48.5 Å². The molecule has 6 heteroatoms. The second-order valence-corrected chi connectivity index (χ2v) is 5.76. The first kappa shape index (κ1) is 16.2. The molecule has 24 heavy (non-hydrogen) atoms. The summed E-state index contributed by atoms with van der Waals surface area (Å²) in [5, 5.41) is 7.71. The summed E-state index contributed by atoms with van der Waals surface area (Å²) in [6.45, 7) is 1.000. The predicted molar refractivity (Wildman–Crippen MR) is 95.9 cm³/mol. The highest BCUT2D eigenvalue weighted by Gasteiger charge is 2.05. The Labute approximate surface area is 145 Å². The Hall–Kier alpha value is -2.66. The number of hydrogen-bond donors (Lipinski definition) is 2. The van der Waals surface area contributed by atoms with Crippen LogP contribution < -0.4 is 10.6 Å². The molecule has 5 nitrogen and oxygen atoms in total. The Bertz CT molecular complexity index is 831. The molecule has 0 saturated heterocycles. The van der Waals surface area contributed by atoms with Crippen molar-refractivity contribution in [2.75, 3.05) is 11.9 Å². The van der Waals surface area contributed by atoms with Gasteiger partial charge < -0.3 is 10.6 Å². The third-order valence-electron chi connectivity index (χ3n) is 3.59. The number of nitrogens with zero attached hydrogens (tertiary/aromatic N) is 2. The molecule has 0 fully saturated rings. The number of hydrogen-bond acceptors (Lipinski definition) is 4. The van der Waals surface area contributed by atoms with Crippen molar-refractivity contribution >= 4 is 34.2 Å². The first-order valence-corrected chi connectivity index (χ1v) is 8.05. The van der Waals surface area contributed by atoms with E-state index < -0.39 is 0 Å². The molecule has 2 aromatic carbocycles. The molecule has 3 aromatic rings. The summed E-state index contributed by atoms with van der Waals surface area (Å²) in [6, 6.07) is 15.2. The van der Waals surface area contributed by atoms with Gasteiger partial charge in [0.15, 0.2) is 0 Å². The fourth-order valence-electron chi connectivity index (χ4n) is 2.33. The van der Waals surface area contributed by atoms with Crippen molar-refractivity contribution in [3.05, 3.63) is 65.4 Å². The van der Waals surface area contributed by atoms with Crippen LogP contribution in [0.5, 0.6) is 0 Å². The molecule has 0 aliphatic carbocycles. The SMILES string of the molecule is O=C(CCNc1ncnc2ccccc12)NCc1ccc(Cl)cc1. The minimum atomic E-state index is -0.0178. The molecule has 0 bridgehead atoms. The normalized spacial score (nSPS) is 10.5. The Morgan fingerprint density at radius 2 is 1.83 bits per heavy atom. The standard InChI is InChI=1S/C18H17ClN4O/c19-14-7-5-13(6-8-14)11-21-17(24)9-10-20-18-15-3-1-2-4-16(15)22-12-23-18/h1-8,12H,9-11H2,(H,21,24)(H,20,22,23). The number of anilines is 1. The van der Waals surface area contributed by atoms with Gasteiger partial charge in [0.25, 0.3) is 0 Å². The number of benzene rings is 2. The number of carbonyl (C=O) groups excluding carboxylic acids is 1. The quantitative estimate of drug-likeness (QED) is 0.721. The van der Waals surface area contributed by atoms with Gasteiger partial charge in [-0.05, 0) is 29.8 Å². The first-order valence-electron chi connectivity index (χ1n) is 7.67. The summed E-state index contributed by atoms with van der Waals surface area (Å²) < 4.78 is 0. The topological polar surface area (TPSA) is 66.9 Å². The lowest BCUT2D eigenvalue weighted by molar-refractivity contribution is -0.121. The number of amides is 1. The summed E-state index contributed by atoms with van der Waals surface area (Å²) in [4.78, 5) is 20.4. The summed E-state index contributed by atoms with van der Waals surface area (Å²) in [6.07, 6.45) is 1.89. The van der Waals surface area contributed by atoms with Gasteiger partial charge in [-0.3, -0.25) is 4.79 Å². The lowest BCUT2D eigenvalue weighted by Gasteiger charge is -2.09. The fourth-order valence-corrected chi connectivity index (χ4v) is 2.46. The Morgan fingerprint density at radius 3 is 2.67 bits per heavy atom. The number of fused-ring (bicyclic) bond motifs is 1. The van der Waals surface area contributed by atoms with E-state index in [0.717, 1.165) is 22.3 Å². The van der Waals surface area contributed by atoms with Crippen molar-refractivity contribution < 1.29 is 4.79 Å². The molecule has 122 valence electrons. The van der Waals surface area contributed by atoms with Crippen molar-refractivity contribution in [2.24, 2.45) is 0 Å². The van der Waals surface area contributed by atoms with Crippen molar-refractivity contribution in [3.8, 4) is 0 Å². The van der Waals surface area contributed by atoms with Gasteiger partial charge in [0.1, 0.15) is 12.1 Å². The van der Waals surface area contributed by atoms with Crippen LogP contribution in [-0.2, 0) is 11.3 Å². The fraction of sp³-hybridized carbons (Fsp3) is 0.167. The highest BCUT2D eigenvalue weighted by Crippen LogP contribution is 2.18. The second kappa shape index (κ2) is 7.75. The number of halogens is 1. The van der Waals surface area contributed by atoms with Gasteiger partial charge in [-0.15, -0.1) is 0 Å². The highest BCUT2D eigenvalue weighted by atomic mass is 35.5. The maximum absolute atomic E-state index is 11.9. The van der Waals surface area contributed by atoms with Gasteiger partial charge in [-0.2, -0.15) is 0 Å². The lowest BCUT2D eigenvalue weighted by Crippen LogP contribution is -2.25. The van der Waals surface area contributed by atoms with Gasteiger partial charge >= 0.3 is 0 Å². The van der Waals surface area contributed by atoms with Crippen LogP contribution in [0.25, 0.3) is 10.9 Å². The van der Waals surface area contributed by atoms with Gasteiger partial charge in [-0.1, -0.05) is 35.9 Å². The predicted octanol–water partition coefficient (Wildman–Crippen LogP) is 3.40. The molecule has 0 saturated carbocycles. The van der Waals surface area contributed by atoms with Gasteiger partial charge in [-0.25, -0.2) is 9.97 Å². The number of para-hydroxylation sites is 1. The van der Waals surface area contributed by atoms with Crippen LogP contribution in [0.4, 0.5) is 5.82 Å². The smallest absolute Gasteiger partial charge is 0.222 e. The van der Waals surface area contributed by atoms with Crippen LogP contribution in [0.1, 0.15) is 12.0 Å². The summed E-state index contributed by atoms with van der Waals surface area (Å²) in [5.41, 5.74) is 1.89. The van der Waals surface area contributed by atoms with E-state index in [-0.39, 0.29) is 5.91 Å². The first-order chi connectivity index (χ1) is 11.7. The van der Waals surface area contributed by atoms with E-state index in [2.05, 4.69) is 20.6 Å². The van der Waals surface area contributed by atoms with Gasteiger partial charge in [0.2, 0.25) is 5.91 Å². The monoisotopic (exact) mass is 340 g/mol. The van der Waals surface area contributed by atoms with E-state index in [1.54, 1.807) is 0 Å². The maximum atomic E-state index is 11.9. The van der Waals surface area contributed by atoms with E-state index in [4.69, 9.17) is 11.6 Å². The van der Waals surface area contributed by atoms with E-state index in [1.165, 1.54) is 6.33 Å². The number of carbonyl (C=O) groups is 1. The third-order valence-corrected chi connectivity index (χ3v) is 3.84. The van der Waals surface area contributed by atoms with Crippen LogP contribution >= 0.6 is 11.6 Å². The zero-order chi connectivity index (χ0) is 16.8. The number of aromatic nitrogens is 2. The molecule has 2 N–H and O–H groups in total. The Kier molecular flexibility index (Phi) is 5.23. The molecule has 0 unspecified atom stereocenters. The molecule has 0 atom stereocenters. The molecule has 1 heterocycles. The van der Waals surface area contributed by atoms with Crippen LogP contribution in [-0.4, -0.2) is 22.4 Å².